The molecule has 0 spiro atoms. The molecule has 27 heavy (non-hydrogen) atoms. The van der Waals surface area contributed by atoms with E-state index in [-0.39, 0.29) is 11.9 Å². The van der Waals surface area contributed by atoms with Gasteiger partial charge in [-0.3, -0.25) is 10.0 Å². The lowest BCUT2D eigenvalue weighted by Crippen LogP contribution is -2.45. The van der Waals surface area contributed by atoms with Crippen molar-refractivity contribution < 1.29 is 14.8 Å². The van der Waals surface area contributed by atoms with Crippen LogP contribution in [0.15, 0.2) is 30.5 Å². The van der Waals surface area contributed by atoms with E-state index >= 15 is 0 Å². The number of rotatable bonds is 7. The van der Waals surface area contributed by atoms with E-state index in [2.05, 4.69) is 22.4 Å². The third kappa shape index (κ3) is 5.23. The van der Waals surface area contributed by atoms with Crippen LogP contribution in [0.5, 0.6) is 0 Å². The molecule has 2 aromatic rings. The zero-order chi connectivity index (χ0) is 19.1. The highest BCUT2D eigenvalue weighted by Gasteiger charge is 2.22. The monoisotopic (exact) mass is 372 g/mol. The molecule has 7 nitrogen and oxygen atoms in total. The minimum Gasteiger partial charge on any atom is -0.361 e. The molecular formula is C20H28N4O3. The van der Waals surface area contributed by atoms with E-state index in [1.54, 1.807) is 5.48 Å². The summed E-state index contributed by atoms with van der Waals surface area (Å²) in [6.45, 7) is 2.14. The van der Waals surface area contributed by atoms with Gasteiger partial charge in [0.05, 0.1) is 0 Å². The molecule has 1 aromatic heterocycles. The van der Waals surface area contributed by atoms with Crippen LogP contribution < -0.4 is 10.8 Å². The summed E-state index contributed by atoms with van der Waals surface area (Å²) in [6, 6.07) is 8.19. The maximum atomic E-state index is 12.4. The van der Waals surface area contributed by atoms with Gasteiger partial charge in [-0.25, -0.2) is 10.3 Å². The average Bonchev–Trinajstić information content (AvgIpc) is 3.11. The first kappa shape index (κ1) is 19.2. The minimum absolute atomic E-state index is 0.00736. The Balaban J connectivity index is 1.35. The van der Waals surface area contributed by atoms with E-state index in [9.17, 15) is 9.59 Å². The van der Waals surface area contributed by atoms with Crippen molar-refractivity contribution >= 4 is 22.8 Å². The van der Waals surface area contributed by atoms with Gasteiger partial charge in [0.1, 0.15) is 0 Å². The second-order valence-corrected chi connectivity index (χ2v) is 7.20. The highest BCUT2D eigenvalue weighted by Crippen LogP contribution is 2.22. The highest BCUT2D eigenvalue weighted by molar-refractivity contribution is 5.83. The van der Waals surface area contributed by atoms with Gasteiger partial charge in [-0.15, -0.1) is 0 Å². The zero-order valence-corrected chi connectivity index (χ0v) is 15.5. The summed E-state index contributed by atoms with van der Waals surface area (Å²) in [6.07, 6.45) is 6.84. The van der Waals surface area contributed by atoms with Gasteiger partial charge in [0.2, 0.25) is 5.91 Å². The maximum absolute atomic E-state index is 12.4. The molecule has 0 saturated carbocycles. The fourth-order valence-electron chi connectivity index (χ4n) is 3.79. The molecular weight excluding hydrogens is 344 g/mol. The number of carbonyl (C=O) groups is 2. The summed E-state index contributed by atoms with van der Waals surface area (Å²) in [4.78, 5) is 28.5. The van der Waals surface area contributed by atoms with Crippen molar-refractivity contribution in [2.45, 2.75) is 38.5 Å². The van der Waals surface area contributed by atoms with Crippen molar-refractivity contribution in [2.75, 3.05) is 19.6 Å². The van der Waals surface area contributed by atoms with Crippen molar-refractivity contribution in [1.29, 1.82) is 0 Å². The van der Waals surface area contributed by atoms with Crippen LogP contribution in [0.25, 0.3) is 10.9 Å². The number of aromatic nitrogens is 1. The number of hydrogen-bond donors (Lipinski definition) is 4. The molecule has 1 saturated heterocycles. The Labute approximate surface area is 159 Å². The van der Waals surface area contributed by atoms with Gasteiger partial charge in [-0.05, 0) is 49.7 Å². The maximum Gasteiger partial charge on any atom is 0.317 e. The molecule has 1 aliphatic heterocycles. The second-order valence-electron chi connectivity index (χ2n) is 7.20. The third-order valence-corrected chi connectivity index (χ3v) is 5.39. The number of amides is 3. The number of H-pyrrole nitrogens is 1. The van der Waals surface area contributed by atoms with Gasteiger partial charge in [-0.1, -0.05) is 18.2 Å². The average molecular weight is 372 g/mol. The fourth-order valence-corrected chi connectivity index (χ4v) is 3.79. The van der Waals surface area contributed by atoms with Crippen LogP contribution in [0.1, 0.15) is 37.7 Å². The number of benzene rings is 1. The smallest absolute Gasteiger partial charge is 0.317 e. The Morgan fingerprint density at radius 3 is 2.78 bits per heavy atom. The molecule has 146 valence electrons. The fraction of sp³-hybridized carbons (Fsp3) is 0.500. The number of nitrogens with zero attached hydrogens (tertiary/aromatic N) is 1. The van der Waals surface area contributed by atoms with Crippen LogP contribution in [0, 0.1) is 5.92 Å². The molecule has 0 radical (unpaired) electrons. The number of aromatic amines is 1. The normalized spacial score (nSPS) is 15.1. The third-order valence-electron chi connectivity index (χ3n) is 5.39. The summed E-state index contributed by atoms with van der Waals surface area (Å²) < 4.78 is 0. The number of nitrogens with one attached hydrogen (secondary N) is 3. The first-order chi connectivity index (χ1) is 13.2. The number of urea groups is 1. The number of carbonyl (C=O) groups excluding carboxylic acids is 2. The lowest BCUT2D eigenvalue weighted by molar-refractivity contribution is -0.129. The predicted molar refractivity (Wildman–Crippen MR) is 103 cm³/mol. The number of fused-ring (bicyclic) bond motifs is 1. The number of hydroxylamine groups is 1. The largest absolute Gasteiger partial charge is 0.361 e. The molecule has 0 bridgehead atoms. The van der Waals surface area contributed by atoms with E-state index < -0.39 is 0 Å². The van der Waals surface area contributed by atoms with Crippen LogP contribution in [0.3, 0.4) is 0 Å². The first-order valence-corrected chi connectivity index (χ1v) is 9.68. The van der Waals surface area contributed by atoms with Gasteiger partial charge >= 0.3 is 6.03 Å². The van der Waals surface area contributed by atoms with E-state index in [1.807, 2.05) is 23.2 Å². The summed E-state index contributed by atoms with van der Waals surface area (Å²) in [7, 11) is 0. The molecule has 1 aromatic carbocycles. The molecule has 1 aliphatic rings. The standard InChI is InChI=1S/C20H28N4O3/c25-19(23-27)7-3-4-15-9-12-24(13-10-15)20(26)21-11-8-16-14-22-18-6-2-1-5-17(16)18/h1-2,5-6,14-15,22,27H,3-4,7-13H2,(H,21,26)(H,23,25). The molecule has 3 amide bonds. The van der Waals surface area contributed by atoms with Crippen LogP contribution >= 0.6 is 0 Å². The number of piperidine rings is 1. The summed E-state index contributed by atoms with van der Waals surface area (Å²) in [5.74, 6) is 0.216. The van der Waals surface area contributed by atoms with Crippen LogP contribution in [-0.2, 0) is 11.2 Å². The molecule has 4 N–H and O–H groups in total. The Morgan fingerprint density at radius 1 is 1.22 bits per heavy atom. The Morgan fingerprint density at radius 2 is 2.00 bits per heavy atom. The van der Waals surface area contributed by atoms with Gasteiger partial charge in [0, 0.05) is 43.2 Å². The van der Waals surface area contributed by atoms with Crippen molar-refractivity contribution in [3.05, 3.63) is 36.0 Å². The molecule has 7 heteroatoms. The number of likely N-dealkylation sites (tertiary alicyclic amines) is 1. The quantitative estimate of drug-likeness (QED) is 0.444. The van der Waals surface area contributed by atoms with E-state index in [0.717, 1.165) is 50.7 Å². The summed E-state index contributed by atoms with van der Waals surface area (Å²) >= 11 is 0. The molecule has 3 rings (SSSR count). The molecule has 1 fully saturated rings. The van der Waals surface area contributed by atoms with E-state index in [4.69, 9.17) is 5.21 Å². The minimum atomic E-state index is -0.331. The summed E-state index contributed by atoms with van der Waals surface area (Å²) in [5, 5.41) is 12.7. The molecule has 0 unspecified atom stereocenters. The van der Waals surface area contributed by atoms with E-state index in [1.165, 1.54) is 10.9 Å². The van der Waals surface area contributed by atoms with Gasteiger partial charge < -0.3 is 15.2 Å². The van der Waals surface area contributed by atoms with Crippen molar-refractivity contribution in [3.8, 4) is 0 Å². The topological polar surface area (TPSA) is 97.5 Å². The zero-order valence-electron chi connectivity index (χ0n) is 15.5. The Kier molecular flexibility index (Phi) is 6.70. The Bertz CT molecular complexity index is 765. The molecule has 0 atom stereocenters. The first-order valence-electron chi connectivity index (χ1n) is 9.68. The van der Waals surface area contributed by atoms with Crippen molar-refractivity contribution in [2.24, 2.45) is 5.92 Å². The van der Waals surface area contributed by atoms with Crippen LogP contribution in [0.4, 0.5) is 4.79 Å². The van der Waals surface area contributed by atoms with Gasteiger partial charge in [0.15, 0.2) is 0 Å². The lowest BCUT2D eigenvalue weighted by Gasteiger charge is -2.32. The highest BCUT2D eigenvalue weighted by atomic mass is 16.5. The van der Waals surface area contributed by atoms with Crippen LogP contribution in [-0.4, -0.2) is 46.7 Å². The number of para-hydroxylation sites is 1. The SMILES string of the molecule is O=C(CCCC1CCN(C(=O)NCCc2c[nH]c3ccccc23)CC1)NO. The lowest BCUT2D eigenvalue weighted by atomic mass is 9.91. The summed E-state index contributed by atoms with van der Waals surface area (Å²) in [5.41, 5.74) is 4.00. The Hall–Kier alpha value is -2.54. The molecule has 0 aliphatic carbocycles. The van der Waals surface area contributed by atoms with Crippen LogP contribution in [0.2, 0.25) is 0 Å². The van der Waals surface area contributed by atoms with Crippen molar-refractivity contribution in [1.82, 2.24) is 20.7 Å². The van der Waals surface area contributed by atoms with Crippen molar-refractivity contribution in [3.63, 3.8) is 0 Å². The second kappa shape index (κ2) is 9.41. The van der Waals surface area contributed by atoms with Gasteiger partial charge in [0.25, 0.3) is 0 Å². The van der Waals surface area contributed by atoms with Gasteiger partial charge in [-0.2, -0.15) is 0 Å². The van der Waals surface area contributed by atoms with E-state index in [0.29, 0.717) is 18.9 Å². The molecule has 2 heterocycles. The predicted octanol–water partition coefficient (Wildman–Crippen LogP) is 2.81. The number of hydrogen-bond acceptors (Lipinski definition) is 3.